The molecular formula is C22H24F3N3O. The zero-order valence-electron chi connectivity index (χ0n) is 16.4. The number of alkyl halides is 3. The molecule has 3 rings (SSSR count). The van der Waals surface area contributed by atoms with Crippen LogP contribution in [0.5, 0.6) is 0 Å². The molecule has 7 heteroatoms. The largest absolute Gasteiger partial charge is 0.417 e. The molecule has 1 amide bonds. The Hall–Kier alpha value is -2.80. The first-order chi connectivity index (χ1) is 13.6. The van der Waals surface area contributed by atoms with Crippen molar-refractivity contribution < 1.29 is 18.0 Å². The maximum Gasteiger partial charge on any atom is 0.417 e. The predicted molar refractivity (Wildman–Crippen MR) is 110 cm³/mol. The van der Waals surface area contributed by atoms with Crippen LogP contribution < -0.4 is 11.1 Å². The highest BCUT2D eigenvalue weighted by Crippen LogP contribution is 2.35. The summed E-state index contributed by atoms with van der Waals surface area (Å²) in [4.78, 5) is 14.6. The van der Waals surface area contributed by atoms with E-state index in [4.69, 9.17) is 5.73 Å². The van der Waals surface area contributed by atoms with Gasteiger partial charge in [0, 0.05) is 30.0 Å². The molecule has 0 radical (unpaired) electrons. The number of nitrogens with zero attached hydrogens (tertiary/aromatic N) is 1. The van der Waals surface area contributed by atoms with E-state index in [1.165, 1.54) is 18.2 Å². The number of nitrogen functional groups attached to an aromatic ring is 1. The van der Waals surface area contributed by atoms with Gasteiger partial charge in [0.2, 0.25) is 0 Å². The number of halogens is 3. The third kappa shape index (κ3) is 5.17. The van der Waals surface area contributed by atoms with E-state index in [0.717, 1.165) is 43.1 Å². The third-order valence-corrected chi connectivity index (χ3v) is 5.15. The normalized spacial score (nSPS) is 15.3. The molecule has 1 aliphatic rings. The number of hydrogen-bond donors (Lipinski definition) is 2. The topological polar surface area (TPSA) is 58.4 Å². The van der Waals surface area contributed by atoms with E-state index in [-0.39, 0.29) is 11.3 Å². The summed E-state index contributed by atoms with van der Waals surface area (Å²) >= 11 is 0. The van der Waals surface area contributed by atoms with Gasteiger partial charge in [-0.2, -0.15) is 13.2 Å². The average Bonchev–Trinajstić information content (AvgIpc) is 2.66. The van der Waals surface area contributed by atoms with Crippen LogP contribution in [0.2, 0.25) is 0 Å². The molecule has 1 aliphatic heterocycles. The summed E-state index contributed by atoms with van der Waals surface area (Å²) in [5, 5.41) is 2.53. The second-order valence-electron chi connectivity index (χ2n) is 7.43. The highest BCUT2D eigenvalue weighted by molar-refractivity contribution is 6.05. The molecule has 0 spiro atoms. The fourth-order valence-electron chi connectivity index (χ4n) is 3.26. The summed E-state index contributed by atoms with van der Waals surface area (Å²) in [5.41, 5.74) is 7.83. The maximum atomic E-state index is 13.6. The van der Waals surface area contributed by atoms with Gasteiger partial charge in [0.05, 0.1) is 5.56 Å². The minimum Gasteiger partial charge on any atom is -0.398 e. The second kappa shape index (κ2) is 8.29. The number of nitrogens with two attached hydrogens (primary N) is 1. The van der Waals surface area contributed by atoms with E-state index in [1.807, 2.05) is 14.0 Å². The summed E-state index contributed by atoms with van der Waals surface area (Å²) in [5.74, 6) is -0.508. The number of carbonyl (C=O) groups is 1. The fraction of sp³-hybridized carbons (Fsp3) is 0.318. The van der Waals surface area contributed by atoms with Gasteiger partial charge in [0.25, 0.3) is 5.91 Å². The van der Waals surface area contributed by atoms with Crippen molar-refractivity contribution in [2.75, 3.05) is 31.2 Å². The Balaban J connectivity index is 1.86. The molecule has 0 aromatic heterocycles. The number of rotatable bonds is 3. The number of piperidine rings is 1. The number of aryl methyl sites for hydroxylation is 1. The molecule has 29 heavy (non-hydrogen) atoms. The lowest BCUT2D eigenvalue weighted by molar-refractivity contribution is -0.137. The molecule has 0 bridgehead atoms. The highest BCUT2D eigenvalue weighted by Gasteiger charge is 2.33. The minimum atomic E-state index is -4.52. The van der Waals surface area contributed by atoms with E-state index >= 15 is 0 Å². The second-order valence-corrected chi connectivity index (χ2v) is 7.43. The van der Waals surface area contributed by atoms with E-state index in [0.29, 0.717) is 11.3 Å². The van der Waals surface area contributed by atoms with E-state index in [1.54, 1.807) is 18.2 Å². The van der Waals surface area contributed by atoms with Crippen LogP contribution in [0.15, 0.2) is 42.0 Å². The Bertz CT molecular complexity index is 941. The highest BCUT2D eigenvalue weighted by atomic mass is 19.4. The molecule has 1 fully saturated rings. The van der Waals surface area contributed by atoms with Crippen LogP contribution in [0, 0.1) is 6.92 Å². The van der Waals surface area contributed by atoms with Crippen molar-refractivity contribution in [3.8, 4) is 0 Å². The molecule has 2 aromatic carbocycles. The van der Waals surface area contributed by atoms with Gasteiger partial charge in [-0.3, -0.25) is 4.79 Å². The van der Waals surface area contributed by atoms with Crippen LogP contribution in [0.1, 0.15) is 39.9 Å². The molecule has 0 unspecified atom stereocenters. The van der Waals surface area contributed by atoms with Crippen molar-refractivity contribution in [1.82, 2.24) is 4.90 Å². The van der Waals surface area contributed by atoms with Gasteiger partial charge in [-0.1, -0.05) is 23.8 Å². The van der Waals surface area contributed by atoms with Gasteiger partial charge in [-0.05, 0) is 62.2 Å². The van der Waals surface area contributed by atoms with Crippen LogP contribution in [-0.2, 0) is 6.18 Å². The Kier molecular flexibility index (Phi) is 5.98. The fourth-order valence-corrected chi connectivity index (χ4v) is 3.26. The van der Waals surface area contributed by atoms with Crippen molar-refractivity contribution in [2.45, 2.75) is 25.9 Å². The maximum absolute atomic E-state index is 13.6. The summed E-state index contributed by atoms with van der Waals surface area (Å²) in [6.07, 6.45) is -1.39. The first kappa shape index (κ1) is 20.9. The summed E-state index contributed by atoms with van der Waals surface area (Å²) in [6.45, 7) is 3.48. The first-order valence-electron chi connectivity index (χ1n) is 9.40. The number of nitrogens with one attached hydrogen (secondary N) is 1. The molecule has 1 saturated heterocycles. The minimum absolute atomic E-state index is 0.0898. The molecule has 0 saturated carbocycles. The van der Waals surface area contributed by atoms with Gasteiger partial charge >= 0.3 is 6.18 Å². The lowest BCUT2D eigenvalue weighted by Gasteiger charge is -2.24. The number of anilines is 2. The Morgan fingerprint density at radius 1 is 1.14 bits per heavy atom. The van der Waals surface area contributed by atoms with Crippen molar-refractivity contribution >= 4 is 23.4 Å². The van der Waals surface area contributed by atoms with Crippen LogP contribution in [0.4, 0.5) is 24.5 Å². The monoisotopic (exact) mass is 403 g/mol. The molecule has 2 aromatic rings. The number of carbonyl (C=O) groups excluding carboxylic acids is 1. The van der Waals surface area contributed by atoms with Crippen molar-refractivity contribution in [1.29, 1.82) is 0 Å². The van der Waals surface area contributed by atoms with Gasteiger partial charge in [0.1, 0.15) is 0 Å². The molecule has 3 N–H and O–H groups in total. The van der Waals surface area contributed by atoms with Crippen molar-refractivity contribution in [3.63, 3.8) is 0 Å². The number of benzene rings is 2. The van der Waals surface area contributed by atoms with Crippen LogP contribution >= 0.6 is 0 Å². The Morgan fingerprint density at radius 2 is 1.83 bits per heavy atom. The molecule has 4 nitrogen and oxygen atoms in total. The quantitative estimate of drug-likeness (QED) is 0.713. The van der Waals surface area contributed by atoms with Gasteiger partial charge in [0.15, 0.2) is 0 Å². The van der Waals surface area contributed by atoms with E-state index in [9.17, 15) is 18.0 Å². The molecule has 0 aliphatic carbocycles. The Morgan fingerprint density at radius 3 is 2.45 bits per heavy atom. The number of likely N-dealkylation sites (tertiary alicyclic amines) is 1. The standard InChI is InChI=1S/C22H24F3N3O/c1-14-3-4-17(12-20(14)26)21(29)27-18-6-5-16(19(13-18)22(23,24)25)11-15-7-9-28(2)10-8-15/h3-6,11-13H,7-10,26H2,1-2H3,(H,27,29). The van der Waals surface area contributed by atoms with Crippen LogP contribution in [0.25, 0.3) is 6.08 Å². The third-order valence-electron chi connectivity index (χ3n) is 5.15. The summed E-state index contributed by atoms with van der Waals surface area (Å²) in [6, 6.07) is 8.68. The van der Waals surface area contributed by atoms with E-state index in [2.05, 4.69) is 10.2 Å². The number of amides is 1. The lowest BCUT2D eigenvalue weighted by Crippen LogP contribution is -2.26. The summed E-state index contributed by atoms with van der Waals surface area (Å²) < 4.78 is 40.9. The van der Waals surface area contributed by atoms with Crippen LogP contribution in [0.3, 0.4) is 0 Å². The van der Waals surface area contributed by atoms with Gasteiger partial charge < -0.3 is 16.0 Å². The average molecular weight is 403 g/mol. The number of hydrogen-bond acceptors (Lipinski definition) is 3. The SMILES string of the molecule is Cc1ccc(C(=O)Nc2ccc(C=C3CCN(C)CC3)c(C(F)(F)F)c2)cc1N. The zero-order chi connectivity index (χ0) is 21.2. The zero-order valence-corrected chi connectivity index (χ0v) is 16.4. The summed E-state index contributed by atoms with van der Waals surface area (Å²) in [7, 11) is 2.00. The molecule has 1 heterocycles. The molecular weight excluding hydrogens is 379 g/mol. The van der Waals surface area contributed by atoms with Gasteiger partial charge in [-0.25, -0.2) is 0 Å². The molecule has 0 atom stereocenters. The van der Waals surface area contributed by atoms with Crippen LogP contribution in [-0.4, -0.2) is 30.9 Å². The van der Waals surface area contributed by atoms with Crippen molar-refractivity contribution in [3.05, 3.63) is 64.2 Å². The smallest absolute Gasteiger partial charge is 0.398 e. The first-order valence-corrected chi connectivity index (χ1v) is 9.40. The van der Waals surface area contributed by atoms with Gasteiger partial charge in [-0.15, -0.1) is 0 Å². The van der Waals surface area contributed by atoms with E-state index < -0.39 is 17.6 Å². The Labute approximate surface area is 168 Å². The van der Waals surface area contributed by atoms with Crippen molar-refractivity contribution in [2.24, 2.45) is 0 Å². The molecule has 154 valence electrons. The predicted octanol–water partition coefficient (Wildman–Crippen LogP) is 4.96. The lowest BCUT2D eigenvalue weighted by atomic mass is 9.98.